The first kappa shape index (κ1) is 18.8. The summed E-state index contributed by atoms with van der Waals surface area (Å²) in [6.07, 6.45) is 1.02. The van der Waals surface area contributed by atoms with E-state index in [0.29, 0.717) is 17.2 Å². The second-order valence-corrected chi connectivity index (χ2v) is 5.81. The van der Waals surface area contributed by atoms with E-state index in [1.807, 2.05) is 6.92 Å². The number of anilines is 1. The van der Waals surface area contributed by atoms with Gasteiger partial charge in [0.1, 0.15) is 11.5 Å². The van der Waals surface area contributed by atoms with Crippen LogP contribution in [0, 0.1) is 0 Å². The zero-order chi connectivity index (χ0) is 18.2. The summed E-state index contributed by atoms with van der Waals surface area (Å²) in [5, 5.41) is 6.09. The van der Waals surface area contributed by atoms with Gasteiger partial charge in [-0.2, -0.15) is 0 Å². The maximum Gasteiger partial charge on any atom is 0.238 e. The Kier molecular flexibility index (Phi) is 6.83. The Hall–Kier alpha value is -2.53. The molecule has 1 amide bonds. The van der Waals surface area contributed by atoms with Crippen LogP contribution in [0.4, 0.5) is 5.69 Å². The zero-order valence-electron chi connectivity index (χ0n) is 15.3. The minimum atomic E-state index is -0.136. The fourth-order valence-electron chi connectivity index (χ4n) is 2.51. The van der Waals surface area contributed by atoms with Gasteiger partial charge in [-0.1, -0.05) is 31.2 Å². The third-order valence-corrected chi connectivity index (χ3v) is 4.14. The number of hydrogen-bond donors (Lipinski definition) is 2. The smallest absolute Gasteiger partial charge is 0.238 e. The third kappa shape index (κ3) is 5.22. The maximum absolute atomic E-state index is 12.2. The van der Waals surface area contributed by atoms with Crippen LogP contribution in [0.25, 0.3) is 0 Å². The van der Waals surface area contributed by atoms with E-state index in [9.17, 15) is 4.79 Å². The molecule has 0 aliphatic heterocycles. The van der Waals surface area contributed by atoms with E-state index in [4.69, 9.17) is 9.47 Å². The number of rotatable bonds is 8. The number of methoxy groups -OCH3 is 2. The second-order valence-electron chi connectivity index (χ2n) is 5.81. The summed E-state index contributed by atoms with van der Waals surface area (Å²) < 4.78 is 10.5. The van der Waals surface area contributed by atoms with Crippen molar-refractivity contribution in [1.29, 1.82) is 0 Å². The molecule has 1 atom stereocenters. The summed E-state index contributed by atoms with van der Waals surface area (Å²) in [6.45, 7) is 4.38. The molecule has 0 heterocycles. The molecule has 0 aliphatic carbocycles. The SMILES string of the molecule is CCc1ccc(C(C)NCC(=O)Nc2cc(OC)ccc2OC)cc1. The Labute approximate surface area is 149 Å². The molecule has 5 nitrogen and oxygen atoms in total. The molecule has 2 rings (SSSR count). The molecule has 0 fully saturated rings. The number of hydrogen-bond acceptors (Lipinski definition) is 4. The summed E-state index contributed by atoms with van der Waals surface area (Å²) in [4.78, 5) is 12.2. The molecular formula is C20H26N2O3. The van der Waals surface area contributed by atoms with Gasteiger partial charge in [0.2, 0.25) is 5.91 Å². The molecular weight excluding hydrogens is 316 g/mol. The van der Waals surface area contributed by atoms with E-state index in [0.717, 1.165) is 12.0 Å². The van der Waals surface area contributed by atoms with Crippen molar-refractivity contribution in [3.8, 4) is 11.5 Å². The lowest BCUT2D eigenvalue weighted by Gasteiger charge is -2.16. The Balaban J connectivity index is 1.93. The van der Waals surface area contributed by atoms with Gasteiger partial charge in [-0.05, 0) is 36.6 Å². The highest BCUT2D eigenvalue weighted by Gasteiger charge is 2.11. The van der Waals surface area contributed by atoms with Crippen molar-refractivity contribution >= 4 is 11.6 Å². The van der Waals surface area contributed by atoms with Gasteiger partial charge in [0, 0.05) is 12.1 Å². The molecule has 2 aromatic rings. The van der Waals surface area contributed by atoms with Gasteiger partial charge in [-0.15, -0.1) is 0 Å². The lowest BCUT2D eigenvalue weighted by molar-refractivity contribution is -0.115. The van der Waals surface area contributed by atoms with Gasteiger partial charge in [-0.25, -0.2) is 0 Å². The molecule has 0 spiro atoms. The van der Waals surface area contributed by atoms with Gasteiger partial charge >= 0.3 is 0 Å². The Morgan fingerprint density at radius 3 is 2.40 bits per heavy atom. The van der Waals surface area contributed by atoms with Crippen LogP contribution in [0.15, 0.2) is 42.5 Å². The normalized spacial score (nSPS) is 11.7. The minimum absolute atomic E-state index is 0.0869. The van der Waals surface area contributed by atoms with Gasteiger partial charge in [-0.3, -0.25) is 4.79 Å². The van der Waals surface area contributed by atoms with E-state index in [1.165, 1.54) is 5.56 Å². The topological polar surface area (TPSA) is 59.6 Å². The Morgan fingerprint density at radius 2 is 1.80 bits per heavy atom. The third-order valence-electron chi connectivity index (χ3n) is 4.14. The lowest BCUT2D eigenvalue weighted by atomic mass is 10.1. The van der Waals surface area contributed by atoms with Crippen LogP contribution in [0.1, 0.15) is 31.0 Å². The first-order valence-corrected chi connectivity index (χ1v) is 8.41. The number of nitrogens with one attached hydrogen (secondary N) is 2. The van der Waals surface area contributed by atoms with E-state index >= 15 is 0 Å². The van der Waals surface area contributed by atoms with Crippen molar-refractivity contribution in [1.82, 2.24) is 5.32 Å². The predicted molar refractivity (Wildman–Crippen MR) is 100 cm³/mol. The van der Waals surface area contributed by atoms with Crippen molar-refractivity contribution in [3.05, 3.63) is 53.6 Å². The highest BCUT2D eigenvalue weighted by molar-refractivity contribution is 5.94. The number of aryl methyl sites for hydroxylation is 1. The molecule has 1 unspecified atom stereocenters. The fourth-order valence-corrected chi connectivity index (χ4v) is 2.51. The average molecular weight is 342 g/mol. The number of carbonyl (C=O) groups is 1. The van der Waals surface area contributed by atoms with Crippen molar-refractivity contribution < 1.29 is 14.3 Å². The van der Waals surface area contributed by atoms with Crippen molar-refractivity contribution in [2.75, 3.05) is 26.1 Å². The molecule has 0 bridgehead atoms. The fraction of sp³-hybridized carbons (Fsp3) is 0.350. The Morgan fingerprint density at radius 1 is 1.08 bits per heavy atom. The largest absolute Gasteiger partial charge is 0.497 e. The highest BCUT2D eigenvalue weighted by atomic mass is 16.5. The molecule has 0 saturated carbocycles. The van der Waals surface area contributed by atoms with Gasteiger partial charge in [0.05, 0.1) is 26.5 Å². The Bertz CT molecular complexity index is 699. The summed E-state index contributed by atoms with van der Waals surface area (Å²) in [6, 6.07) is 13.8. The van der Waals surface area contributed by atoms with Crippen LogP contribution in [0.5, 0.6) is 11.5 Å². The zero-order valence-corrected chi connectivity index (χ0v) is 15.3. The second kappa shape index (κ2) is 9.08. The van der Waals surface area contributed by atoms with Crippen LogP contribution in [0.2, 0.25) is 0 Å². The molecule has 0 radical (unpaired) electrons. The lowest BCUT2D eigenvalue weighted by Crippen LogP contribution is -2.30. The van der Waals surface area contributed by atoms with Crippen LogP contribution >= 0.6 is 0 Å². The summed E-state index contributed by atoms with van der Waals surface area (Å²) >= 11 is 0. The van der Waals surface area contributed by atoms with E-state index in [2.05, 4.69) is 41.8 Å². The quantitative estimate of drug-likeness (QED) is 0.770. The van der Waals surface area contributed by atoms with Gasteiger partial charge < -0.3 is 20.1 Å². The monoisotopic (exact) mass is 342 g/mol. The molecule has 0 saturated heterocycles. The number of carbonyl (C=O) groups excluding carboxylic acids is 1. The minimum Gasteiger partial charge on any atom is -0.497 e. The number of ether oxygens (including phenoxy) is 2. The maximum atomic E-state index is 12.2. The molecule has 5 heteroatoms. The first-order valence-electron chi connectivity index (χ1n) is 8.41. The van der Waals surface area contributed by atoms with Crippen LogP contribution in [-0.4, -0.2) is 26.7 Å². The van der Waals surface area contributed by atoms with Gasteiger partial charge in [0.25, 0.3) is 0 Å². The number of benzene rings is 2. The molecule has 0 aliphatic rings. The van der Waals surface area contributed by atoms with Crippen LogP contribution in [0.3, 0.4) is 0 Å². The highest BCUT2D eigenvalue weighted by Crippen LogP contribution is 2.28. The van der Waals surface area contributed by atoms with Crippen molar-refractivity contribution in [3.63, 3.8) is 0 Å². The molecule has 0 aromatic heterocycles. The van der Waals surface area contributed by atoms with Crippen molar-refractivity contribution in [2.24, 2.45) is 0 Å². The van der Waals surface area contributed by atoms with Crippen LogP contribution < -0.4 is 20.1 Å². The summed E-state index contributed by atoms with van der Waals surface area (Å²) in [5.74, 6) is 1.12. The van der Waals surface area contributed by atoms with Crippen molar-refractivity contribution in [2.45, 2.75) is 26.3 Å². The predicted octanol–water partition coefficient (Wildman–Crippen LogP) is 3.56. The standard InChI is InChI=1S/C20H26N2O3/c1-5-15-6-8-16(9-7-15)14(2)21-13-20(23)22-18-12-17(24-3)10-11-19(18)25-4/h6-12,14,21H,5,13H2,1-4H3,(H,22,23). The molecule has 134 valence electrons. The van der Waals surface area contributed by atoms with E-state index in [-0.39, 0.29) is 18.5 Å². The first-order chi connectivity index (χ1) is 12.1. The number of amides is 1. The molecule has 2 aromatic carbocycles. The molecule has 2 N–H and O–H groups in total. The molecule has 25 heavy (non-hydrogen) atoms. The van der Waals surface area contributed by atoms with Gasteiger partial charge in [0.15, 0.2) is 0 Å². The van der Waals surface area contributed by atoms with E-state index in [1.54, 1.807) is 32.4 Å². The van der Waals surface area contributed by atoms with Crippen LogP contribution in [-0.2, 0) is 11.2 Å². The summed E-state index contributed by atoms with van der Waals surface area (Å²) in [5.41, 5.74) is 3.05. The average Bonchev–Trinajstić information content (AvgIpc) is 2.66. The summed E-state index contributed by atoms with van der Waals surface area (Å²) in [7, 11) is 3.15. The van der Waals surface area contributed by atoms with E-state index < -0.39 is 0 Å².